The van der Waals surface area contributed by atoms with Crippen molar-refractivity contribution in [2.45, 2.75) is 13.0 Å². The van der Waals surface area contributed by atoms with Crippen molar-refractivity contribution in [3.63, 3.8) is 0 Å². The quantitative estimate of drug-likeness (QED) is 0.657. The van der Waals surface area contributed by atoms with Crippen molar-refractivity contribution in [1.29, 1.82) is 0 Å². The van der Waals surface area contributed by atoms with Gasteiger partial charge in [0.1, 0.15) is 11.9 Å². The van der Waals surface area contributed by atoms with Gasteiger partial charge < -0.3 is 19.7 Å². The minimum Gasteiger partial charge on any atom is -0.496 e. The Labute approximate surface area is 185 Å². The lowest BCUT2D eigenvalue weighted by molar-refractivity contribution is -0.114. The molecule has 1 amide bonds. The highest BCUT2D eigenvalue weighted by molar-refractivity contribution is 5.88. The number of aromatic nitrogens is 3. The number of anilines is 2. The van der Waals surface area contributed by atoms with E-state index in [1.54, 1.807) is 38.7 Å². The molecule has 1 aliphatic rings. The van der Waals surface area contributed by atoms with Crippen molar-refractivity contribution in [2.75, 3.05) is 37.0 Å². The average molecular weight is 435 g/mol. The van der Waals surface area contributed by atoms with Crippen molar-refractivity contribution < 1.29 is 14.3 Å². The zero-order chi connectivity index (χ0) is 22.7. The zero-order valence-corrected chi connectivity index (χ0v) is 18.2. The van der Waals surface area contributed by atoms with Gasteiger partial charge in [0.25, 0.3) is 5.56 Å². The predicted molar refractivity (Wildman–Crippen MR) is 121 cm³/mol. The third kappa shape index (κ3) is 4.47. The van der Waals surface area contributed by atoms with Crippen LogP contribution in [-0.4, -0.2) is 47.2 Å². The standard InChI is InChI=1S/C23H25N5O4/c1-15(29)25-17-4-5-20(31-3)18(12-17)21-14-28(10-11-32-21)23-26-19(13-22(30)27(23)2)16-6-8-24-9-7-16/h4-9,12-13,21H,10-11,14H2,1-3H3,(H,25,29). The summed E-state index contributed by atoms with van der Waals surface area (Å²) in [6, 6.07) is 10.6. The number of methoxy groups -OCH3 is 1. The number of ether oxygens (including phenoxy) is 2. The molecule has 1 N–H and O–H groups in total. The topological polar surface area (TPSA) is 98.6 Å². The lowest BCUT2D eigenvalue weighted by atomic mass is 10.1. The fourth-order valence-corrected chi connectivity index (χ4v) is 3.77. The van der Waals surface area contributed by atoms with E-state index in [1.807, 2.05) is 23.1 Å². The van der Waals surface area contributed by atoms with Crippen LogP contribution in [0.3, 0.4) is 0 Å². The summed E-state index contributed by atoms with van der Waals surface area (Å²) in [7, 11) is 3.31. The molecular formula is C23H25N5O4. The first-order chi connectivity index (χ1) is 15.5. The summed E-state index contributed by atoms with van der Waals surface area (Å²) in [6.45, 7) is 2.97. The van der Waals surface area contributed by atoms with Crippen molar-refractivity contribution in [3.05, 3.63) is 64.7 Å². The van der Waals surface area contributed by atoms with Gasteiger partial charge >= 0.3 is 0 Å². The number of hydrogen-bond acceptors (Lipinski definition) is 7. The van der Waals surface area contributed by atoms with Gasteiger partial charge in [0, 0.05) is 55.8 Å². The number of hydrogen-bond donors (Lipinski definition) is 1. The first-order valence-corrected chi connectivity index (χ1v) is 10.3. The van der Waals surface area contributed by atoms with Crippen LogP contribution < -0.4 is 20.5 Å². The number of rotatable bonds is 5. The third-order valence-electron chi connectivity index (χ3n) is 5.33. The number of benzene rings is 1. The lowest BCUT2D eigenvalue weighted by Gasteiger charge is -2.35. The van der Waals surface area contributed by atoms with Crippen molar-refractivity contribution in [3.8, 4) is 17.0 Å². The predicted octanol–water partition coefficient (Wildman–Crippen LogP) is 2.39. The van der Waals surface area contributed by atoms with Crippen LogP contribution >= 0.6 is 0 Å². The second-order valence-electron chi connectivity index (χ2n) is 7.52. The number of pyridine rings is 1. The number of carbonyl (C=O) groups excluding carboxylic acids is 1. The van der Waals surface area contributed by atoms with Crippen LogP contribution in [0.1, 0.15) is 18.6 Å². The van der Waals surface area contributed by atoms with Crippen LogP contribution in [0.4, 0.5) is 11.6 Å². The highest BCUT2D eigenvalue weighted by atomic mass is 16.5. The molecule has 3 aromatic rings. The molecule has 9 nitrogen and oxygen atoms in total. The maximum absolute atomic E-state index is 12.7. The van der Waals surface area contributed by atoms with Gasteiger partial charge in [-0.05, 0) is 30.3 Å². The first-order valence-electron chi connectivity index (χ1n) is 10.3. The number of nitrogens with one attached hydrogen (secondary N) is 1. The van der Waals surface area contributed by atoms with Gasteiger partial charge in [0.2, 0.25) is 11.9 Å². The molecule has 2 aromatic heterocycles. The second-order valence-corrected chi connectivity index (χ2v) is 7.52. The molecule has 1 aromatic carbocycles. The molecule has 1 fully saturated rings. The summed E-state index contributed by atoms with van der Waals surface area (Å²) >= 11 is 0. The van der Waals surface area contributed by atoms with E-state index < -0.39 is 0 Å². The Balaban J connectivity index is 1.67. The summed E-state index contributed by atoms with van der Waals surface area (Å²) in [4.78, 5) is 35.0. The molecule has 4 rings (SSSR count). The lowest BCUT2D eigenvalue weighted by Crippen LogP contribution is -2.41. The Morgan fingerprint density at radius 1 is 1.22 bits per heavy atom. The van der Waals surface area contributed by atoms with E-state index in [2.05, 4.69) is 10.3 Å². The molecule has 1 saturated heterocycles. The molecule has 0 bridgehead atoms. The van der Waals surface area contributed by atoms with Gasteiger partial charge in [-0.25, -0.2) is 4.98 Å². The van der Waals surface area contributed by atoms with Gasteiger partial charge in [0.05, 0.1) is 26.0 Å². The van der Waals surface area contributed by atoms with Crippen LogP contribution in [0.5, 0.6) is 5.75 Å². The van der Waals surface area contributed by atoms with Gasteiger partial charge in [-0.1, -0.05) is 0 Å². The Hall–Kier alpha value is -3.72. The van der Waals surface area contributed by atoms with E-state index in [0.29, 0.717) is 42.8 Å². The Morgan fingerprint density at radius 3 is 2.72 bits per heavy atom. The monoisotopic (exact) mass is 435 g/mol. The number of morpholine rings is 1. The van der Waals surface area contributed by atoms with Crippen LogP contribution in [-0.2, 0) is 16.6 Å². The summed E-state index contributed by atoms with van der Waals surface area (Å²) in [5, 5.41) is 2.79. The van der Waals surface area contributed by atoms with Crippen LogP contribution in [0.2, 0.25) is 0 Å². The largest absolute Gasteiger partial charge is 0.496 e. The van der Waals surface area contributed by atoms with E-state index in [9.17, 15) is 9.59 Å². The Bertz CT molecular complexity index is 1180. The summed E-state index contributed by atoms with van der Waals surface area (Å²) < 4.78 is 13.1. The van der Waals surface area contributed by atoms with Gasteiger partial charge in [-0.3, -0.25) is 19.1 Å². The number of amides is 1. The molecule has 0 saturated carbocycles. The van der Waals surface area contributed by atoms with Gasteiger partial charge in [-0.15, -0.1) is 0 Å². The molecule has 0 radical (unpaired) electrons. The zero-order valence-electron chi connectivity index (χ0n) is 18.2. The fourth-order valence-electron chi connectivity index (χ4n) is 3.77. The smallest absolute Gasteiger partial charge is 0.255 e. The molecule has 32 heavy (non-hydrogen) atoms. The van der Waals surface area contributed by atoms with Gasteiger partial charge in [-0.2, -0.15) is 0 Å². The first kappa shape index (κ1) is 21.5. The average Bonchev–Trinajstić information content (AvgIpc) is 2.81. The van der Waals surface area contributed by atoms with Crippen molar-refractivity contribution in [1.82, 2.24) is 14.5 Å². The molecular weight excluding hydrogens is 410 g/mol. The maximum Gasteiger partial charge on any atom is 0.255 e. The maximum atomic E-state index is 12.7. The number of nitrogens with zero attached hydrogens (tertiary/aromatic N) is 4. The molecule has 1 aliphatic heterocycles. The molecule has 0 aliphatic carbocycles. The Morgan fingerprint density at radius 2 is 2.00 bits per heavy atom. The summed E-state index contributed by atoms with van der Waals surface area (Å²) in [5.41, 5.74) is 2.76. The SMILES string of the molecule is COc1ccc(NC(C)=O)cc1C1CN(c2nc(-c3ccncc3)cc(=O)n2C)CCO1. The Kier molecular flexibility index (Phi) is 6.18. The van der Waals surface area contributed by atoms with E-state index in [4.69, 9.17) is 14.5 Å². The molecule has 0 spiro atoms. The summed E-state index contributed by atoms with van der Waals surface area (Å²) in [6.07, 6.45) is 3.02. The highest BCUT2D eigenvalue weighted by Gasteiger charge is 2.27. The highest BCUT2D eigenvalue weighted by Crippen LogP contribution is 2.33. The van der Waals surface area contributed by atoms with E-state index in [0.717, 1.165) is 11.1 Å². The van der Waals surface area contributed by atoms with Crippen LogP contribution in [0.15, 0.2) is 53.6 Å². The van der Waals surface area contributed by atoms with E-state index in [-0.39, 0.29) is 17.6 Å². The molecule has 9 heteroatoms. The van der Waals surface area contributed by atoms with Crippen molar-refractivity contribution in [2.24, 2.45) is 7.05 Å². The minimum absolute atomic E-state index is 0.143. The molecule has 1 atom stereocenters. The number of carbonyl (C=O) groups is 1. The normalized spacial score (nSPS) is 16.0. The molecule has 1 unspecified atom stereocenters. The molecule has 166 valence electrons. The van der Waals surface area contributed by atoms with Crippen LogP contribution in [0, 0.1) is 0 Å². The third-order valence-corrected chi connectivity index (χ3v) is 5.33. The van der Waals surface area contributed by atoms with E-state index in [1.165, 1.54) is 17.6 Å². The van der Waals surface area contributed by atoms with Gasteiger partial charge in [0.15, 0.2) is 0 Å². The molecule has 3 heterocycles. The summed E-state index contributed by atoms with van der Waals surface area (Å²) in [5.74, 6) is 1.08. The van der Waals surface area contributed by atoms with Crippen LogP contribution in [0.25, 0.3) is 11.3 Å². The van der Waals surface area contributed by atoms with E-state index >= 15 is 0 Å². The van der Waals surface area contributed by atoms with Crippen molar-refractivity contribution >= 4 is 17.5 Å². The minimum atomic E-state index is -0.325. The second kappa shape index (κ2) is 9.19. The fraction of sp³-hybridized carbons (Fsp3) is 0.304.